The first-order valence-corrected chi connectivity index (χ1v) is 7.47. The maximum absolute atomic E-state index is 12.5. The molecule has 0 radical (unpaired) electrons. The van der Waals surface area contributed by atoms with Crippen LogP contribution in [0.5, 0.6) is 0 Å². The van der Waals surface area contributed by atoms with E-state index in [1.807, 2.05) is 0 Å². The lowest BCUT2D eigenvalue weighted by Crippen LogP contribution is -2.12. The average molecular weight is 328 g/mol. The van der Waals surface area contributed by atoms with Gasteiger partial charge in [0.25, 0.3) is 0 Å². The molecule has 0 aromatic carbocycles. The third-order valence-electron chi connectivity index (χ3n) is 2.25. The fraction of sp³-hybridized carbons (Fsp3) is 0.222. The highest BCUT2D eigenvalue weighted by atomic mass is 32.1. The summed E-state index contributed by atoms with van der Waals surface area (Å²) >= 11 is 0.593. The van der Waals surface area contributed by atoms with Crippen molar-refractivity contribution in [1.82, 2.24) is 4.98 Å². The molecular weight excluding hydrogens is 320 g/mol. The van der Waals surface area contributed by atoms with Gasteiger partial charge in [0, 0.05) is 4.88 Å². The summed E-state index contributed by atoms with van der Waals surface area (Å²) in [7, 11) is -4.69. The molecule has 0 aliphatic rings. The van der Waals surface area contributed by atoms with E-state index in [1.165, 1.54) is 0 Å². The van der Waals surface area contributed by atoms with Gasteiger partial charge in [0.2, 0.25) is 0 Å². The second kappa shape index (κ2) is 4.88. The van der Waals surface area contributed by atoms with E-state index in [0.717, 1.165) is 12.3 Å². The van der Waals surface area contributed by atoms with Crippen molar-refractivity contribution in [3.05, 3.63) is 17.2 Å². The molecule has 0 saturated carbocycles. The Labute approximate surface area is 114 Å². The number of furan rings is 1. The second-order valence-corrected chi connectivity index (χ2v) is 6.48. The zero-order valence-electron chi connectivity index (χ0n) is 9.59. The van der Waals surface area contributed by atoms with Crippen LogP contribution in [0.1, 0.15) is 4.88 Å². The largest absolute Gasteiger partial charge is 0.462 e. The summed E-state index contributed by atoms with van der Waals surface area (Å²) in [6, 6.07) is 0.989. The standard InChI is InChI=1S/C9H8F3N2O4PS/c10-9(11,12)3-5-6(14-8(13)20-5)7-4(1-2-18-7)19(15,16)17/h1-2H,3H2,(H2,13,14)(H2,15,16,17). The highest BCUT2D eigenvalue weighted by Gasteiger charge is 2.34. The number of hydrogen-bond acceptors (Lipinski definition) is 5. The van der Waals surface area contributed by atoms with E-state index >= 15 is 0 Å². The van der Waals surface area contributed by atoms with Crippen molar-refractivity contribution in [2.75, 3.05) is 5.73 Å². The molecule has 0 aliphatic carbocycles. The van der Waals surface area contributed by atoms with Crippen molar-refractivity contribution in [1.29, 1.82) is 0 Å². The zero-order chi connectivity index (χ0) is 15.1. The van der Waals surface area contributed by atoms with Crippen LogP contribution in [0.4, 0.5) is 18.3 Å². The van der Waals surface area contributed by atoms with E-state index in [9.17, 15) is 17.7 Å². The highest BCUT2D eigenvalue weighted by molar-refractivity contribution is 7.60. The number of nitrogens with zero attached hydrogens (tertiary/aromatic N) is 1. The van der Waals surface area contributed by atoms with Gasteiger partial charge in [0.1, 0.15) is 11.0 Å². The second-order valence-electron chi connectivity index (χ2n) is 3.79. The van der Waals surface area contributed by atoms with Crippen LogP contribution in [0, 0.1) is 0 Å². The third kappa shape index (κ3) is 3.21. The first-order chi connectivity index (χ1) is 9.08. The SMILES string of the molecule is Nc1nc(-c2occc2P(=O)(O)O)c(CC(F)(F)F)s1. The third-order valence-corrected chi connectivity index (χ3v) is 4.11. The van der Waals surface area contributed by atoms with Crippen LogP contribution in [0.2, 0.25) is 0 Å². The molecule has 2 heterocycles. The Balaban J connectivity index is 2.54. The Bertz CT molecular complexity index is 675. The summed E-state index contributed by atoms with van der Waals surface area (Å²) in [6.45, 7) is 0. The van der Waals surface area contributed by atoms with Crippen molar-refractivity contribution in [3.8, 4) is 11.5 Å². The van der Waals surface area contributed by atoms with Gasteiger partial charge in [0.05, 0.1) is 12.7 Å². The Morgan fingerprint density at radius 2 is 2.10 bits per heavy atom. The topological polar surface area (TPSA) is 110 Å². The summed E-state index contributed by atoms with van der Waals surface area (Å²) in [5.74, 6) is -0.398. The fourth-order valence-electron chi connectivity index (χ4n) is 1.56. The van der Waals surface area contributed by atoms with Crippen molar-refractivity contribution in [3.63, 3.8) is 0 Å². The summed E-state index contributed by atoms with van der Waals surface area (Å²) in [6.07, 6.45) is -4.84. The number of aromatic nitrogens is 1. The molecule has 0 atom stereocenters. The van der Waals surface area contributed by atoms with Gasteiger partial charge in [0.15, 0.2) is 10.9 Å². The predicted molar refractivity (Wildman–Crippen MR) is 65.7 cm³/mol. The Hall–Kier alpha value is -1.35. The number of alkyl halides is 3. The summed E-state index contributed by atoms with van der Waals surface area (Å²) in [4.78, 5) is 21.7. The van der Waals surface area contributed by atoms with Gasteiger partial charge in [-0.3, -0.25) is 4.57 Å². The van der Waals surface area contributed by atoms with E-state index < -0.39 is 31.3 Å². The lowest BCUT2D eigenvalue weighted by molar-refractivity contribution is -0.126. The van der Waals surface area contributed by atoms with E-state index in [4.69, 9.17) is 19.9 Å². The summed E-state index contributed by atoms with van der Waals surface area (Å²) in [5, 5.41) is -0.668. The molecule has 0 amide bonds. The number of anilines is 1. The molecule has 0 aliphatic heterocycles. The number of nitrogen functional groups attached to an aromatic ring is 1. The van der Waals surface area contributed by atoms with Crippen LogP contribution >= 0.6 is 18.9 Å². The molecule has 2 rings (SSSR count). The predicted octanol–water partition coefficient (Wildman–Crippen LogP) is 1.89. The average Bonchev–Trinajstić information content (AvgIpc) is 2.80. The molecule has 2 aromatic heterocycles. The number of nitrogens with two attached hydrogens (primary N) is 1. The summed E-state index contributed by atoms with van der Waals surface area (Å²) < 4.78 is 53.5. The molecule has 110 valence electrons. The van der Waals surface area contributed by atoms with Gasteiger partial charge in [-0.05, 0) is 6.07 Å². The van der Waals surface area contributed by atoms with Crippen LogP contribution < -0.4 is 11.0 Å². The Morgan fingerprint density at radius 3 is 2.65 bits per heavy atom. The molecule has 4 N–H and O–H groups in total. The number of hydrogen-bond donors (Lipinski definition) is 3. The number of rotatable bonds is 3. The molecule has 0 spiro atoms. The van der Waals surface area contributed by atoms with Gasteiger partial charge >= 0.3 is 13.8 Å². The number of thiazole rings is 1. The quantitative estimate of drug-likeness (QED) is 0.742. The molecule has 0 bridgehead atoms. The van der Waals surface area contributed by atoms with E-state index in [-0.39, 0.29) is 15.7 Å². The van der Waals surface area contributed by atoms with E-state index in [0.29, 0.717) is 11.3 Å². The van der Waals surface area contributed by atoms with Crippen LogP contribution in [-0.2, 0) is 11.0 Å². The Kier molecular flexibility index (Phi) is 3.67. The van der Waals surface area contributed by atoms with Gasteiger partial charge in [-0.1, -0.05) is 0 Å². The van der Waals surface area contributed by atoms with Crippen molar-refractivity contribution >= 4 is 29.4 Å². The Morgan fingerprint density at radius 1 is 1.45 bits per heavy atom. The van der Waals surface area contributed by atoms with Crippen LogP contribution in [0.25, 0.3) is 11.5 Å². The molecule has 11 heteroatoms. The van der Waals surface area contributed by atoms with Gasteiger partial charge in [-0.25, -0.2) is 4.98 Å². The zero-order valence-corrected chi connectivity index (χ0v) is 11.3. The minimum atomic E-state index is -4.69. The van der Waals surface area contributed by atoms with E-state index in [1.54, 1.807) is 0 Å². The molecule has 0 fully saturated rings. The maximum atomic E-state index is 12.5. The number of halogens is 3. The first-order valence-electron chi connectivity index (χ1n) is 5.04. The summed E-state index contributed by atoms with van der Waals surface area (Å²) in [5.41, 5.74) is 5.07. The van der Waals surface area contributed by atoms with Crippen LogP contribution in [0.3, 0.4) is 0 Å². The lowest BCUT2D eigenvalue weighted by Gasteiger charge is -2.06. The lowest BCUT2D eigenvalue weighted by atomic mass is 10.2. The minimum Gasteiger partial charge on any atom is -0.462 e. The maximum Gasteiger partial charge on any atom is 0.393 e. The minimum absolute atomic E-state index is 0.146. The van der Waals surface area contributed by atoms with Gasteiger partial charge in [-0.15, -0.1) is 11.3 Å². The first kappa shape index (κ1) is 15.0. The highest BCUT2D eigenvalue weighted by Crippen LogP contribution is 2.41. The molecule has 6 nitrogen and oxygen atoms in total. The molecule has 20 heavy (non-hydrogen) atoms. The normalized spacial score (nSPS) is 12.8. The fourth-order valence-corrected chi connectivity index (χ4v) is 3.10. The van der Waals surface area contributed by atoms with Crippen molar-refractivity contribution in [2.45, 2.75) is 12.6 Å². The van der Waals surface area contributed by atoms with Crippen molar-refractivity contribution < 1.29 is 31.9 Å². The smallest absolute Gasteiger partial charge is 0.393 e. The van der Waals surface area contributed by atoms with Crippen LogP contribution in [-0.4, -0.2) is 20.9 Å². The van der Waals surface area contributed by atoms with Gasteiger partial charge < -0.3 is 19.9 Å². The van der Waals surface area contributed by atoms with Gasteiger partial charge in [-0.2, -0.15) is 13.2 Å². The monoisotopic (exact) mass is 328 g/mol. The molecule has 2 aromatic rings. The molecule has 0 saturated heterocycles. The van der Waals surface area contributed by atoms with E-state index in [2.05, 4.69) is 4.98 Å². The van der Waals surface area contributed by atoms with Crippen LogP contribution in [0.15, 0.2) is 16.7 Å². The van der Waals surface area contributed by atoms with Crippen molar-refractivity contribution in [2.24, 2.45) is 0 Å². The molecule has 0 unspecified atom stereocenters. The molecular formula is C9H8F3N2O4PS.